The molecule has 2 aromatic carbocycles. The Morgan fingerprint density at radius 1 is 1.06 bits per heavy atom. The summed E-state index contributed by atoms with van der Waals surface area (Å²) in [6, 6.07) is 10.0. The molecule has 2 aliphatic heterocycles. The number of anilines is 1. The maximum absolute atomic E-state index is 13.3. The number of sulfonamides is 1. The third-order valence-corrected chi connectivity index (χ3v) is 8.05. The van der Waals surface area contributed by atoms with Crippen LogP contribution in [-0.4, -0.2) is 71.7 Å². The summed E-state index contributed by atoms with van der Waals surface area (Å²) in [7, 11) is -1.05. The van der Waals surface area contributed by atoms with Gasteiger partial charge in [0.25, 0.3) is 0 Å². The quantitative estimate of drug-likeness (QED) is 0.573. The number of ether oxygens (including phenoxy) is 3. The van der Waals surface area contributed by atoms with Crippen molar-refractivity contribution in [3.63, 3.8) is 0 Å². The van der Waals surface area contributed by atoms with Gasteiger partial charge in [-0.3, -0.25) is 4.79 Å². The Morgan fingerprint density at radius 3 is 2.53 bits per heavy atom. The van der Waals surface area contributed by atoms with E-state index in [1.165, 1.54) is 24.6 Å². The number of fused-ring (bicyclic) bond motifs is 1. The van der Waals surface area contributed by atoms with Crippen molar-refractivity contribution in [2.75, 3.05) is 52.0 Å². The highest BCUT2D eigenvalue weighted by molar-refractivity contribution is 7.89. The average Bonchev–Trinajstić information content (AvgIpc) is 2.87. The number of hydrogen-bond acceptors (Lipinski definition) is 7. The maximum atomic E-state index is 13.3. The van der Waals surface area contributed by atoms with Crippen LogP contribution in [0.5, 0.6) is 5.75 Å². The van der Waals surface area contributed by atoms with E-state index < -0.39 is 16.0 Å². The summed E-state index contributed by atoms with van der Waals surface area (Å²) < 4.78 is 43.3. The first-order valence-electron chi connectivity index (χ1n) is 11.1. The van der Waals surface area contributed by atoms with Crippen LogP contribution in [0.4, 0.5) is 5.69 Å². The van der Waals surface area contributed by atoms with Crippen molar-refractivity contribution in [1.29, 1.82) is 0 Å². The van der Waals surface area contributed by atoms with Gasteiger partial charge in [-0.05, 0) is 48.2 Å². The van der Waals surface area contributed by atoms with E-state index in [1.807, 2.05) is 6.07 Å². The van der Waals surface area contributed by atoms with Gasteiger partial charge in [-0.25, -0.2) is 13.2 Å². The van der Waals surface area contributed by atoms with Gasteiger partial charge in [0.1, 0.15) is 10.6 Å². The molecule has 182 valence electrons. The van der Waals surface area contributed by atoms with Gasteiger partial charge in [0, 0.05) is 25.3 Å². The molecule has 2 aromatic rings. The molecule has 0 N–H and O–H groups in total. The van der Waals surface area contributed by atoms with Gasteiger partial charge in [0.2, 0.25) is 15.9 Å². The minimum Gasteiger partial charge on any atom is -0.495 e. The van der Waals surface area contributed by atoms with Gasteiger partial charge >= 0.3 is 5.97 Å². The number of methoxy groups -OCH3 is 2. The predicted octanol–water partition coefficient (Wildman–Crippen LogP) is 2.02. The Labute approximate surface area is 199 Å². The Bertz CT molecular complexity index is 1190. The van der Waals surface area contributed by atoms with E-state index in [9.17, 15) is 18.0 Å². The molecule has 0 spiro atoms. The Balaban J connectivity index is 1.62. The predicted molar refractivity (Wildman–Crippen MR) is 125 cm³/mol. The third-order valence-electron chi connectivity index (χ3n) is 6.13. The van der Waals surface area contributed by atoms with Gasteiger partial charge in [-0.15, -0.1) is 0 Å². The van der Waals surface area contributed by atoms with Crippen molar-refractivity contribution in [2.45, 2.75) is 24.2 Å². The fourth-order valence-electron chi connectivity index (χ4n) is 4.41. The average molecular weight is 489 g/mol. The second-order valence-corrected chi connectivity index (χ2v) is 10.0. The minimum atomic E-state index is -3.80. The summed E-state index contributed by atoms with van der Waals surface area (Å²) >= 11 is 0. The lowest BCUT2D eigenvalue weighted by atomic mass is 9.95. The molecule has 9 nitrogen and oxygen atoms in total. The number of morpholine rings is 1. The molecule has 2 aliphatic rings. The molecule has 0 radical (unpaired) electrons. The molecule has 0 aliphatic carbocycles. The molecule has 0 aromatic heterocycles. The summed E-state index contributed by atoms with van der Waals surface area (Å²) in [5, 5.41) is 0. The van der Waals surface area contributed by atoms with Gasteiger partial charge in [0.15, 0.2) is 0 Å². The van der Waals surface area contributed by atoms with Crippen LogP contribution in [0.25, 0.3) is 0 Å². The Hall–Kier alpha value is -2.95. The van der Waals surface area contributed by atoms with E-state index in [0.717, 1.165) is 5.56 Å². The Kier molecular flexibility index (Phi) is 7.20. The van der Waals surface area contributed by atoms with Crippen molar-refractivity contribution < 1.29 is 32.2 Å². The maximum Gasteiger partial charge on any atom is 0.338 e. The van der Waals surface area contributed by atoms with Crippen molar-refractivity contribution in [3.05, 3.63) is 53.1 Å². The molecule has 0 atom stereocenters. The number of benzene rings is 2. The van der Waals surface area contributed by atoms with E-state index >= 15 is 0 Å². The van der Waals surface area contributed by atoms with Crippen LogP contribution >= 0.6 is 0 Å². The Morgan fingerprint density at radius 2 is 1.82 bits per heavy atom. The lowest BCUT2D eigenvalue weighted by molar-refractivity contribution is -0.118. The fraction of sp³-hybridized carbons (Fsp3) is 0.417. The number of rotatable bonds is 6. The van der Waals surface area contributed by atoms with Crippen molar-refractivity contribution >= 4 is 27.6 Å². The molecule has 0 bridgehead atoms. The number of hydrogen-bond donors (Lipinski definition) is 0. The number of carbonyl (C=O) groups is 2. The topological polar surface area (TPSA) is 102 Å². The first-order valence-corrected chi connectivity index (χ1v) is 12.6. The lowest BCUT2D eigenvalue weighted by Gasteiger charge is -2.31. The molecule has 2 heterocycles. The highest BCUT2D eigenvalue weighted by atomic mass is 32.2. The van der Waals surface area contributed by atoms with E-state index in [1.54, 1.807) is 29.2 Å². The first kappa shape index (κ1) is 24.2. The molecular weight excluding hydrogens is 460 g/mol. The molecule has 1 amide bonds. The zero-order valence-electron chi connectivity index (χ0n) is 19.3. The number of nitrogens with zero attached hydrogens (tertiary/aromatic N) is 2. The van der Waals surface area contributed by atoms with E-state index in [0.29, 0.717) is 49.4 Å². The summed E-state index contributed by atoms with van der Waals surface area (Å²) in [6.45, 7) is 1.72. The molecule has 0 saturated carbocycles. The van der Waals surface area contributed by atoms with Crippen LogP contribution in [0, 0.1) is 0 Å². The zero-order valence-corrected chi connectivity index (χ0v) is 20.1. The SMILES string of the molecule is COC(=O)c1cccc2c1CCCN2C(=O)Cc1ccc(OC)c(S(=O)(=O)N2CCOCC2)c1. The summed E-state index contributed by atoms with van der Waals surface area (Å²) in [5.41, 5.74) is 2.50. The summed E-state index contributed by atoms with van der Waals surface area (Å²) in [6.07, 6.45) is 1.40. The highest BCUT2D eigenvalue weighted by Crippen LogP contribution is 2.32. The van der Waals surface area contributed by atoms with E-state index in [2.05, 4.69) is 0 Å². The number of esters is 1. The van der Waals surface area contributed by atoms with Crippen LogP contribution in [0.15, 0.2) is 41.3 Å². The van der Waals surface area contributed by atoms with Crippen LogP contribution in [-0.2, 0) is 37.1 Å². The van der Waals surface area contributed by atoms with Gasteiger partial charge in [-0.1, -0.05) is 12.1 Å². The molecule has 34 heavy (non-hydrogen) atoms. The van der Waals surface area contributed by atoms with E-state index in [4.69, 9.17) is 14.2 Å². The lowest BCUT2D eigenvalue weighted by Crippen LogP contribution is -2.40. The van der Waals surface area contributed by atoms with Crippen molar-refractivity contribution in [2.24, 2.45) is 0 Å². The monoisotopic (exact) mass is 488 g/mol. The molecular formula is C24H28N2O7S. The van der Waals surface area contributed by atoms with Gasteiger partial charge in [0.05, 0.1) is 39.4 Å². The molecule has 0 unspecified atom stereocenters. The van der Waals surface area contributed by atoms with Crippen molar-refractivity contribution in [1.82, 2.24) is 4.31 Å². The largest absolute Gasteiger partial charge is 0.495 e. The van der Waals surface area contributed by atoms with Crippen molar-refractivity contribution in [3.8, 4) is 5.75 Å². The van der Waals surface area contributed by atoms with Crippen LogP contribution < -0.4 is 9.64 Å². The third kappa shape index (κ3) is 4.66. The van der Waals surface area contributed by atoms with Gasteiger partial charge < -0.3 is 19.1 Å². The second-order valence-electron chi connectivity index (χ2n) is 8.12. The molecule has 10 heteroatoms. The highest BCUT2D eigenvalue weighted by Gasteiger charge is 2.31. The molecule has 1 saturated heterocycles. The minimum absolute atomic E-state index is 0.0114. The van der Waals surface area contributed by atoms with Crippen LogP contribution in [0.3, 0.4) is 0 Å². The summed E-state index contributed by atoms with van der Waals surface area (Å²) in [4.78, 5) is 27.2. The normalized spacial score (nSPS) is 16.6. The summed E-state index contributed by atoms with van der Waals surface area (Å²) in [5.74, 6) is -0.379. The smallest absolute Gasteiger partial charge is 0.338 e. The first-order chi connectivity index (χ1) is 16.4. The van der Waals surface area contributed by atoms with Crippen LogP contribution in [0.1, 0.15) is 27.9 Å². The fourth-order valence-corrected chi connectivity index (χ4v) is 6.03. The number of amides is 1. The zero-order chi connectivity index (χ0) is 24.3. The second kappa shape index (κ2) is 10.1. The molecule has 1 fully saturated rings. The van der Waals surface area contributed by atoms with Crippen LogP contribution in [0.2, 0.25) is 0 Å². The number of carbonyl (C=O) groups excluding carboxylic acids is 2. The standard InChI is InChI=1S/C24H28N2O7S/c1-31-21-9-8-17(15-22(21)34(29,30)25-11-13-33-14-12-25)16-23(27)26-10-4-6-18-19(24(28)32-2)5-3-7-20(18)26/h3,5,7-9,15H,4,6,10-14,16H2,1-2H3. The molecule has 4 rings (SSSR count). The van der Waals surface area contributed by atoms with E-state index in [-0.39, 0.29) is 36.1 Å². The van der Waals surface area contributed by atoms with Gasteiger partial charge in [-0.2, -0.15) is 4.31 Å².